The van der Waals surface area contributed by atoms with Crippen molar-refractivity contribution < 1.29 is 9.31 Å². The molecule has 2 unspecified atom stereocenters. The summed E-state index contributed by atoms with van der Waals surface area (Å²) in [6, 6.07) is 9.64. The van der Waals surface area contributed by atoms with Gasteiger partial charge >= 0.3 is 7.12 Å². The minimum atomic E-state index is -0.319. The van der Waals surface area contributed by atoms with Crippen LogP contribution in [0.1, 0.15) is 52.4 Å². The molecule has 5 nitrogen and oxygen atoms in total. The average molecular weight is 365 g/mol. The molecule has 1 saturated carbocycles. The molecule has 2 aromatic rings. The number of nitrogens with one attached hydrogen (secondary N) is 1. The molecule has 6 heteroatoms. The van der Waals surface area contributed by atoms with Gasteiger partial charge in [-0.15, -0.1) is 0 Å². The second-order valence-corrected chi connectivity index (χ2v) is 9.37. The van der Waals surface area contributed by atoms with Gasteiger partial charge in [0.05, 0.1) is 29.1 Å². The third-order valence-corrected chi connectivity index (χ3v) is 7.08. The highest BCUT2D eigenvalue weighted by Crippen LogP contribution is 2.51. The van der Waals surface area contributed by atoms with E-state index in [2.05, 4.69) is 73.9 Å². The Bertz CT molecular complexity index is 845. The fraction of sp³-hybridized carbons (Fsp3) is 0.571. The summed E-state index contributed by atoms with van der Waals surface area (Å²) in [5, 5.41) is 0. The maximum atomic E-state index is 6.15. The number of imidazole rings is 1. The largest absolute Gasteiger partial charge is 0.494 e. The van der Waals surface area contributed by atoms with E-state index in [0.29, 0.717) is 6.04 Å². The van der Waals surface area contributed by atoms with Gasteiger partial charge < -0.3 is 14.3 Å². The van der Waals surface area contributed by atoms with Gasteiger partial charge in [-0.25, -0.2) is 4.98 Å². The van der Waals surface area contributed by atoms with Crippen molar-refractivity contribution in [3.05, 3.63) is 36.3 Å². The number of aromatic nitrogens is 2. The van der Waals surface area contributed by atoms with Gasteiger partial charge in [0, 0.05) is 6.04 Å². The van der Waals surface area contributed by atoms with E-state index in [-0.39, 0.29) is 18.3 Å². The Balaban J connectivity index is 1.33. The van der Waals surface area contributed by atoms with Gasteiger partial charge in [0.25, 0.3) is 0 Å². The predicted molar refractivity (Wildman–Crippen MR) is 107 cm³/mol. The van der Waals surface area contributed by atoms with Crippen LogP contribution in [-0.4, -0.2) is 46.3 Å². The van der Waals surface area contributed by atoms with Crippen LogP contribution in [0.5, 0.6) is 0 Å². The van der Waals surface area contributed by atoms with Crippen LogP contribution >= 0.6 is 0 Å². The first-order chi connectivity index (χ1) is 12.7. The summed E-state index contributed by atoms with van der Waals surface area (Å²) in [7, 11) is 1.91. The molecule has 0 spiro atoms. The van der Waals surface area contributed by atoms with E-state index >= 15 is 0 Å². The first-order valence-electron chi connectivity index (χ1n) is 9.98. The first-order valence-corrected chi connectivity index (χ1v) is 9.98. The second kappa shape index (κ2) is 5.69. The number of piperidine rings is 1. The van der Waals surface area contributed by atoms with Crippen LogP contribution in [-0.2, 0) is 9.31 Å². The number of nitrogens with zero attached hydrogens (tertiary/aromatic N) is 2. The molecule has 3 aliphatic rings. The Morgan fingerprint density at radius 2 is 1.74 bits per heavy atom. The monoisotopic (exact) mass is 365 g/mol. The smallest absolute Gasteiger partial charge is 0.399 e. The lowest BCUT2D eigenvalue weighted by Crippen LogP contribution is -2.41. The number of fused-ring (bicyclic) bond motifs is 1. The molecule has 27 heavy (non-hydrogen) atoms. The normalized spacial score (nSPS) is 31.3. The van der Waals surface area contributed by atoms with Crippen LogP contribution in [0.3, 0.4) is 0 Å². The molecule has 1 aromatic heterocycles. The number of hydrogen-bond donors (Lipinski definition) is 1. The van der Waals surface area contributed by atoms with Crippen LogP contribution in [0.4, 0.5) is 0 Å². The molecule has 0 amide bonds. The molecule has 3 heterocycles. The zero-order valence-electron chi connectivity index (χ0n) is 16.8. The number of benzene rings is 1. The van der Waals surface area contributed by atoms with Gasteiger partial charge in [-0.2, -0.15) is 0 Å². The van der Waals surface area contributed by atoms with E-state index in [1.165, 1.54) is 12.8 Å². The minimum Gasteiger partial charge on any atom is -0.399 e. The summed E-state index contributed by atoms with van der Waals surface area (Å²) >= 11 is 0. The molecule has 3 fully saturated rings. The highest BCUT2D eigenvalue weighted by Gasteiger charge is 2.52. The topological polar surface area (TPSA) is 50.4 Å². The second-order valence-electron chi connectivity index (χ2n) is 9.37. The van der Waals surface area contributed by atoms with Crippen molar-refractivity contribution in [1.29, 1.82) is 0 Å². The van der Waals surface area contributed by atoms with Gasteiger partial charge in [0.15, 0.2) is 0 Å². The summed E-state index contributed by atoms with van der Waals surface area (Å²) in [5.41, 5.74) is 2.62. The van der Waals surface area contributed by atoms with E-state index in [1.54, 1.807) is 0 Å². The van der Waals surface area contributed by atoms with Gasteiger partial charge in [0.1, 0.15) is 5.82 Å². The Morgan fingerprint density at radius 3 is 2.33 bits per heavy atom. The fourth-order valence-electron chi connectivity index (χ4n) is 4.42. The zero-order chi connectivity index (χ0) is 19.0. The van der Waals surface area contributed by atoms with Crippen molar-refractivity contribution in [2.45, 2.75) is 63.8 Å². The maximum Gasteiger partial charge on any atom is 0.494 e. The summed E-state index contributed by atoms with van der Waals surface area (Å²) in [6.45, 7) is 8.32. The number of aromatic amines is 1. The molecular weight excluding hydrogens is 337 g/mol. The number of H-pyrrole nitrogens is 1. The SMILES string of the molecule is CN1C2CC2C[C@@H]1c1ncc(-c2ccc(B3OC(C)(C)C(C)(C)O3)cc2)[nH]1. The van der Waals surface area contributed by atoms with Crippen LogP contribution in [0.2, 0.25) is 0 Å². The molecule has 2 aliphatic heterocycles. The molecule has 3 atom stereocenters. The van der Waals surface area contributed by atoms with Crippen LogP contribution in [0.15, 0.2) is 30.5 Å². The van der Waals surface area contributed by atoms with E-state index in [1.807, 2.05) is 6.20 Å². The standard InChI is InChI=1S/C21H28BN3O2/c1-20(2)21(3,4)27-22(26-20)15-8-6-13(7-9-15)16-12-23-19(24-16)18-11-14-10-17(14)25(18)5/h6-9,12,14,17-18H,10-11H2,1-5H3,(H,23,24)/t14?,17?,18-/m1/s1. The molecule has 142 valence electrons. The van der Waals surface area contributed by atoms with Crippen molar-refractivity contribution in [3.8, 4) is 11.3 Å². The molecule has 1 aliphatic carbocycles. The molecule has 5 rings (SSSR count). The Kier molecular flexibility index (Phi) is 3.68. The Hall–Kier alpha value is -1.63. The number of rotatable bonds is 3. The van der Waals surface area contributed by atoms with Crippen LogP contribution in [0.25, 0.3) is 11.3 Å². The van der Waals surface area contributed by atoms with Gasteiger partial charge in [-0.1, -0.05) is 24.3 Å². The highest BCUT2D eigenvalue weighted by molar-refractivity contribution is 6.62. The average Bonchev–Trinajstić information content (AvgIpc) is 2.98. The van der Waals surface area contributed by atoms with Crippen molar-refractivity contribution in [2.75, 3.05) is 7.05 Å². The van der Waals surface area contributed by atoms with Crippen molar-refractivity contribution >= 4 is 12.6 Å². The lowest BCUT2D eigenvalue weighted by atomic mass is 9.79. The van der Waals surface area contributed by atoms with E-state index in [4.69, 9.17) is 9.31 Å². The van der Waals surface area contributed by atoms with E-state index in [9.17, 15) is 0 Å². The maximum absolute atomic E-state index is 6.15. The third-order valence-electron chi connectivity index (χ3n) is 7.08. The quantitative estimate of drug-likeness (QED) is 0.849. The molecule has 2 saturated heterocycles. The number of likely N-dealkylation sites (tertiary alicyclic amines) is 1. The van der Waals surface area contributed by atoms with Gasteiger partial charge in [-0.05, 0) is 64.5 Å². The van der Waals surface area contributed by atoms with Crippen molar-refractivity contribution in [1.82, 2.24) is 14.9 Å². The molecule has 0 bridgehead atoms. The zero-order valence-corrected chi connectivity index (χ0v) is 16.8. The van der Waals surface area contributed by atoms with Crippen molar-refractivity contribution in [2.24, 2.45) is 5.92 Å². The minimum absolute atomic E-state index is 0.317. The first kappa shape index (κ1) is 17.5. The fourth-order valence-corrected chi connectivity index (χ4v) is 4.42. The summed E-state index contributed by atoms with van der Waals surface area (Å²) in [4.78, 5) is 10.7. The number of hydrogen-bond acceptors (Lipinski definition) is 4. The summed E-state index contributed by atoms with van der Waals surface area (Å²) in [6.07, 6.45) is 4.55. The molecule has 0 radical (unpaired) electrons. The van der Waals surface area contributed by atoms with Gasteiger partial charge in [-0.3, -0.25) is 4.90 Å². The molecule has 1 aromatic carbocycles. The predicted octanol–water partition coefficient (Wildman–Crippen LogP) is 3.14. The van der Waals surface area contributed by atoms with E-state index < -0.39 is 0 Å². The summed E-state index contributed by atoms with van der Waals surface area (Å²) in [5.74, 6) is 1.97. The highest BCUT2D eigenvalue weighted by atomic mass is 16.7. The van der Waals surface area contributed by atoms with E-state index in [0.717, 1.165) is 34.5 Å². The molecular formula is C21H28BN3O2. The Labute approximate surface area is 161 Å². The Morgan fingerprint density at radius 1 is 1.07 bits per heavy atom. The lowest BCUT2D eigenvalue weighted by Gasteiger charge is -2.32. The third kappa shape index (κ3) is 2.77. The lowest BCUT2D eigenvalue weighted by molar-refractivity contribution is 0.00578. The summed E-state index contributed by atoms with van der Waals surface area (Å²) < 4.78 is 12.3. The van der Waals surface area contributed by atoms with Crippen LogP contribution in [0, 0.1) is 5.92 Å². The van der Waals surface area contributed by atoms with Crippen LogP contribution < -0.4 is 5.46 Å². The molecule has 1 N–H and O–H groups in total. The van der Waals surface area contributed by atoms with Gasteiger partial charge in [0.2, 0.25) is 0 Å². The van der Waals surface area contributed by atoms with Crippen molar-refractivity contribution in [3.63, 3.8) is 0 Å².